The van der Waals surface area contributed by atoms with Gasteiger partial charge in [-0.25, -0.2) is 18.4 Å². The maximum atomic E-state index is 15.4. The molecule has 2 aromatic rings. The summed E-state index contributed by atoms with van der Waals surface area (Å²) in [4.78, 5) is 25.8. The Hall–Kier alpha value is -3.20. The van der Waals surface area contributed by atoms with Crippen LogP contribution in [0.1, 0.15) is 43.2 Å². The fourth-order valence-corrected chi connectivity index (χ4v) is 5.75. The Morgan fingerprint density at radius 3 is 2.31 bits per heavy atom. The molecule has 9 heteroatoms. The van der Waals surface area contributed by atoms with Gasteiger partial charge in [-0.1, -0.05) is 30.3 Å². The van der Waals surface area contributed by atoms with Crippen molar-refractivity contribution < 1.29 is 33.3 Å². The molecular formula is C27H32F2N2O5. The second kappa shape index (κ2) is 10.4. The van der Waals surface area contributed by atoms with Gasteiger partial charge in [-0.3, -0.25) is 9.80 Å². The molecule has 36 heavy (non-hydrogen) atoms. The first kappa shape index (κ1) is 25.9. The van der Waals surface area contributed by atoms with Crippen LogP contribution in [-0.2, 0) is 16.8 Å². The first-order valence-corrected chi connectivity index (χ1v) is 12.2. The van der Waals surface area contributed by atoms with Crippen LogP contribution in [0.3, 0.4) is 0 Å². The molecule has 7 nitrogen and oxygen atoms in total. The van der Waals surface area contributed by atoms with Crippen molar-refractivity contribution in [2.45, 2.75) is 56.2 Å². The van der Waals surface area contributed by atoms with E-state index in [1.54, 1.807) is 0 Å². The van der Waals surface area contributed by atoms with Crippen molar-refractivity contribution in [3.8, 4) is 5.75 Å². The SMILES string of the molecule is CN(C)C1(c2ccccc2)CCC(Cc2c(F)ccc(O[C@H]3C[C@@H](C(=O)O)N(C(=O)O)C3)c2F)CC1. The molecule has 2 aromatic carbocycles. The van der Waals surface area contributed by atoms with Crippen molar-refractivity contribution in [3.05, 3.63) is 65.2 Å². The van der Waals surface area contributed by atoms with Gasteiger partial charge >= 0.3 is 12.1 Å². The van der Waals surface area contributed by atoms with Gasteiger partial charge in [-0.05, 0) is 69.8 Å². The van der Waals surface area contributed by atoms with Crippen molar-refractivity contribution in [1.29, 1.82) is 0 Å². The van der Waals surface area contributed by atoms with E-state index in [2.05, 4.69) is 31.1 Å². The Morgan fingerprint density at radius 1 is 1.08 bits per heavy atom. The summed E-state index contributed by atoms with van der Waals surface area (Å²) in [6.07, 6.45) is 1.28. The first-order valence-electron chi connectivity index (χ1n) is 12.2. The molecule has 0 bridgehead atoms. The largest absolute Gasteiger partial charge is 0.485 e. The molecule has 2 aliphatic rings. The highest BCUT2D eigenvalue weighted by Gasteiger charge is 2.42. The lowest BCUT2D eigenvalue weighted by Crippen LogP contribution is -2.44. The fraction of sp³-hybridized carbons (Fsp3) is 0.481. The number of ether oxygens (including phenoxy) is 1. The standard InChI is InChI=1S/C27H32F2N2O5/c1-30(2)27(18-6-4-3-5-7-18)12-10-17(11-13-27)14-20-21(28)8-9-23(24(20)29)36-19-15-22(25(32)33)31(16-19)26(34)35/h3-9,17,19,22H,10-16H2,1-2H3,(H,32,33)(H,34,35)/t17?,19-,22-,27?/m0/s1. The van der Waals surface area contributed by atoms with Crippen molar-refractivity contribution in [1.82, 2.24) is 9.80 Å². The number of hydrogen-bond donors (Lipinski definition) is 2. The van der Waals surface area contributed by atoms with E-state index < -0.39 is 35.8 Å². The molecule has 0 unspecified atom stereocenters. The third-order valence-corrected chi connectivity index (χ3v) is 7.83. The minimum Gasteiger partial charge on any atom is -0.485 e. The second-order valence-corrected chi connectivity index (χ2v) is 10.0. The van der Waals surface area contributed by atoms with Crippen LogP contribution in [0.5, 0.6) is 5.75 Å². The number of carboxylic acid groups (broad SMARTS) is 2. The normalized spacial score (nSPS) is 26.2. The van der Waals surface area contributed by atoms with Crippen LogP contribution in [0.15, 0.2) is 42.5 Å². The molecule has 2 fully saturated rings. The van der Waals surface area contributed by atoms with Gasteiger partial charge in [-0.2, -0.15) is 0 Å². The molecule has 0 spiro atoms. The molecule has 1 aliphatic carbocycles. The molecule has 1 heterocycles. The summed E-state index contributed by atoms with van der Waals surface area (Å²) >= 11 is 0. The maximum absolute atomic E-state index is 15.4. The molecule has 2 N–H and O–H groups in total. The molecule has 1 saturated carbocycles. The predicted molar refractivity (Wildman–Crippen MR) is 129 cm³/mol. The van der Waals surface area contributed by atoms with E-state index in [0.717, 1.165) is 36.6 Å². The number of amides is 1. The van der Waals surface area contributed by atoms with E-state index in [0.29, 0.717) is 0 Å². The number of nitrogens with zero attached hydrogens (tertiary/aromatic N) is 2. The lowest BCUT2D eigenvalue weighted by atomic mass is 9.70. The van der Waals surface area contributed by atoms with Gasteiger partial charge < -0.3 is 14.9 Å². The van der Waals surface area contributed by atoms with E-state index >= 15 is 4.39 Å². The van der Waals surface area contributed by atoms with Crippen LogP contribution >= 0.6 is 0 Å². The summed E-state index contributed by atoms with van der Waals surface area (Å²) < 4.78 is 35.7. The predicted octanol–water partition coefficient (Wildman–Crippen LogP) is 4.74. The van der Waals surface area contributed by atoms with Gasteiger partial charge in [0.25, 0.3) is 0 Å². The number of likely N-dealkylation sites (tertiary alicyclic amines) is 1. The van der Waals surface area contributed by atoms with Crippen LogP contribution in [0.4, 0.5) is 13.6 Å². The molecule has 1 amide bonds. The molecule has 0 aromatic heterocycles. The number of carbonyl (C=O) groups is 2. The summed E-state index contributed by atoms with van der Waals surface area (Å²) in [6, 6.07) is 11.4. The van der Waals surface area contributed by atoms with Gasteiger partial charge in [0, 0.05) is 17.5 Å². The van der Waals surface area contributed by atoms with Crippen molar-refractivity contribution >= 4 is 12.1 Å². The lowest BCUT2D eigenvalue weighted by molar-refractivity contribution is -0.141. The third-order valence-electron chi connectivity index (χ3n) is 7.83. The topological polar surface area (TPSA) is 90.3 Å². The van der Waals surface area contributed by atoms with Gasteiger partial charge in [0.1, 0.15) is 18.0 Å². The highest BCUT2D eigenvalue weighted by Crippen LogP contribution is 2.44. The Kier molecular flexibility index (Phi) is 7.49. The highest BCUT2D eigenvalue weighted by molar-refractivity contribution is 5.80. The summed E-state index contributed by atoms with van der Waals surface area (Å²) in [5.41, 5.74) is 1.09. The average molecular weight is 503 g/mol. The van der Waals surface area contributed by atoms with Crippen molar-refractivity contribution in [2.75, 3.05) is 20.6 Å². The van der Waals surface area contributed by atoms with E-state index in [1.165, 1.54) is 11.6 Å². The Morgan fingerprint density at radius 2 is 1.75 bits per heavy atom. The summed E-state index contributed by atoms with van der Waals surface area (Å²) in [7, 11) is 4.13. The van der Waals surface area contributed by atoms with Crippen LogP contribution in [0.25, 0.3) is 0 Å². The first-order chi connectivity index (χ1) is 17.1. The summed E-state index contributed by atoms with van der Waals surface area (Å²) in [5.74, 6) is -2.82. The lowest BCUT2D eigenvalue weighted by Gasteiger charge is -2.45. The Bertz CT molecular complexity index is 1080. The minimum absolute atomic E-state index is 0.0440. The van der Waals surface area contributed by atoms with Crippen LogP contribution in [0, 0.1) is 17.6 Å². The van der Waals surface area contributed by atoms with Gasteiger partial charge in [-0.15, -0.1) is 0 Å². The molecule has 4 rings (SSSR count). The quantitative estimate of drug-likeness (QED) is 0.569. The zero-order valence-corrected chi connectivity index (χ0v) is 20.5. The van der Waals surface area contributed by atoms with E-state index in [4.69, 9.17) is 4.74 Å². The Labute approximate surface area is 209 Å². The van der Waals surface area contributed by atoms with Gasteiger partial charge in [0.05, 0.1) is 6.54 Å². The second-order valence-electron chi connectivity index (χ2n) is 10.0. The number of carboxylic acids is 1. The number of rotatable bonds is 7. The number of hydrogen-bond acceptors (Lipinski definition) is 4. The van der Waals surface area contributed by atoms with Gasteiger partial charge in [0.2, 0.25) is 0 Å². The summed E-state index contributed by atoms with van der Waals surface area (Å²) in [5, 5.41) is 18.5. The smallest absolute Gasteiger partial charge is 0.408 e. The summed E-state index contributed by atoms with van der Waals surface area (Å²) in [6.45, 7) is -0.201. The molecule has 1 saturated heterocycles. The Balaban J connectivity index is 1.46. The minimum atomic E-state index is -1.38. The van der Waals surface area contributed by atoms with Crippen LogP contribution in [0.2, 0.25) is 0 Å². The van der Waals surface area contributed by atoms with E-state index in [9.17, 15) is 24.2 Å². The molecule has 1 aliphatic heterocycles. The van der Waals surface area contributed by atoms with Crippen molar-refractivity contribution in [3.63, 3.8) is 0 Å². The maximum Gasteiger partial charge on any atom is 0.408 e. The number of benzene rings is 2. The van der Waals surface area contributed by atoms with Gasteiger partial charge in [0.15, 0.2) is 11.6 Å². The molecule has 0 radical (unpaired) electrons. The van der Waals surface area contributed by atoms with E-state index in [1.807, 2.05) is 18.2 Å². The molecular weight excluding hydrogens is 470 g/mol. The fourth-order valence-electron chi connectivity index (χ4n) is 5.75. The highest BCUT2D eigenvalue weighted by atomic mass is 19.1. The number of halogens is 2. The van der Waals surface area contributed by atoms with Crippen molar-refractivity contribution in [2.24, 2.45) is 5.92 Å². The zero-order chi connectivity index (χ0) is 26.0. The van der Waals surface area contributed by atoms with Crippen LogP contribution in [-0.4, -0.2) is 64.9 Å². The zero-order valence-electron chi connectivity index (χ0n) is 20.5. The van der Waals surface area contributed by atoms with Crippen LogP contribution < -0.4 is 4.74 Å². The van der Waals surface area contributed by atoms with E-state index in [-0.39, 0.29) is 42.2 Å². The molecule has 194 valence electrons. The third kappa shape index (κ3) is 5.02. The number of aliphatic carboxylic acids is 1. The average Bonchev–Trinajstić information content (AvgIpc) is 3.29. The monoisotopic (exact) mass is 502 g/mol. The molecule has 2 atom stereocenters.